The van der Waals surface area contributed by atoms with Crippen molar-refractivity contribution >= 4 is 50.1 Å². The predicted octanol–water partition coefficient (Wildman–Crippen LogP) is 5.29. The minimum Gasteiger partial charge on any atom is -0.322 e. The predicted molar refractivity (Wildman–Crippen MR) is 108 cm³/mol. The summed E-state index contributed by atoms with van der Waals surface area (Å²) in [6.07, 6.45) is 4.44. The third-order valence-corrected chi connectivity index (χ3v) is 4.98. The summed E-state index contributed by atoms with van der Waals surface area (Å²) in [6, 6.07) is 17.6. The van der Waals surface area contributed by atoms with E-state index in [1.54, 1.807) is 12.4 Å². The summed E-state index contributed by atoms with van der Waals surface area (Å²) in [4.78, 5) is 16.4. The molecule has 0 aliphatic carbocycles. The number of pyridine rings is 1. The van der Waals surface area contributed by atoms with E-state index < -0.39 is 0 Å². The molecule has 1 aromatic heterocycles. The fourth-order valence-corrected chi connectivity index (χ4v) is 3.25. The lowest BCUT2D eigenvalue weighted by Gasteiger charge is -2.08. The van der Waals surface area contributed by atoms with Gasteiger partial charge in [-0.3, -0.25) is 9.78 Å². The molecule has 0 saturated heterocycles. The van der Waals surface area contributed by atoms with Crippen LogP contribution in [0.15, 0.2) is 71.5 Å². The molecule has 1 amide bonds. The molecule has 0 aliphatic heterocycles. The molecule has 5 heteroatoms. The van der Waals surface area contributed by atoms with Gasteiger partial charge in [-0.15, -0.1) is 0 Å². The van der Waals surface area contributed by atoms with E-state index in [0.717, 1.165) is 20.2 Å². The van der Waals surface area contributed by atoms with Crippen LogP contribution in [0.5, 0.6) is 0 Å². The van der Waals surface area contributed by atoms with Gasteiger partial charge in [0.2, 0.25) is 0 Å². The van der Waals surface area contributed by atoms with Crippen molar-refractivity contribution in [3.63, 3.8) is 0 Å². The number of amides is 1. The van der Waals surface area contributed by atoms with Crippen LogP contribution in [0, 0.1) is 3.57 Å². The summed E-state index contributed by atoms with van der Waals surface area (Å²) in [6.45, 7) is 0. The summed E-state index contributed by atoms with van der Waals surface area (Å²) >= 11 is 5.57. The number of aromatic nitrogens is 1. The molecule has 0 bridgehead atoms. The Morgan fingerprint density at radius 3 is 2.38 bits per heavy atom. The van der Waals surface area contributed by atoms with Crippen molar-refractivity contribution in [1.82, 2.24) is 4.98 Å². The van der Waals surface area contributed by atoms with Gasteiger partial charge in [0, 0.05) is 26.1 Å². The molecule has 0 aliphatic rings. The summed E-state index contributed by atoms with van der Waals surface area (Å²) in [7, 11) is 0. The first-order valence-electron chi connectivity index (χ1n) is 7.36. The van der Waals surface area contributed by atoms with Crippen LogP contribution >= 0.6 is 38.5 Å². The van der Waals surface area contributed by atoms with Crippen molar-refractivity contribution in [1.29, 1.82) is 0 Å². The third-order valence-electron chi connectivity index (χ3n) is 3.54. The Kier molecular flexibility index (Phi) is 5.63. The monoisotopic (exact) mass is 492 g/mol. The summed E-state index contributed by atoms with van der Waals surface area (Å²) in [5.41, 5.74) is 3.85. The molecule has 0 spiro atoms. The maximum atomic E-state index is 12.4. The van der Waals surface area contributed by atoms with Crippen molar-refractivity contribution in [2.45, 2.75) is 6.42 Å². The van der Waals surface area contributed by atoms with Crippen LogP contribution in [-0.2, 0) is 6.42 Å². The Morgan fingerprint density at radius 2 is 1.67 bits per heavy atom. The number of nitrogens with one attached hydrogen (secondary N) is 1. The fourth-order valence-electron chi connectivity index (χ4n) is 2.31. The molecule has 0 fully saturated rings. The number of carbonyl (C=O) groups excluding carboxylic acids is 1. The molecule has 0 saturated carbocycles. The van der Waals surface area contributed by atoms with Crippen molar-refractivity contribution in [3.8, 4) is 0 Å². The molecular formula is C19H14BrIN2O. The normalized spacial score (nSPS) is 10.4. The Balaban J connectivity index is 1.70. The Bertz CT molecular complexity index is 851. The van der Waals surface area contributed by atoms with E-state index in [4.69, 9.17) is 0 Å². The molecule has 1 heterocycles. The van der Waals surface area contributed by atoms with Crippen LogP contribution in [0.4, 0.5) is 5.69 Å². The minimum atomic E-state index is -0.109. The van der Waals surface area contributed by atoms with E-state index in [9.17, 15) is 4.79 Å². The van der Waals surface area contributed by atoms with Crippen molar-refractivity contribution in [2.75, 3.05) is 5.32 Å². The number of nitrogens with zero attached hydrogens (tertiary/aromatic N) is 1. The van der Waals surface area contributed by atoms with E-state index in [1.165, 1.54) is 11.1 Å². The zero-order valence-electron chi connectivity index (χ0n) is 12.7. The molecule has 3 aromatic rings. The van der Waals surface area contributed by atoms with Gasteiger partial charge >= 0.3 is 0 Å². The maximum absolute atomic E-state index is 12.4. The zero-order valence-corrected chi connectivity index (χ0v) is 16.4. The van der Waals surface area contributed by atoms with E-state index in [-0.39, 0.29) is 5.91 Å². The molecule has 120 valence electrons. The number of halogens is 2. The maximum Gasteiger partial charge on any atom is 0.256 e. The molecule has 0 unspecified atom stereocenters. The Hall–Kier alpha value is -1.73. The van der Waals surface area contributed by atoms with Crippen LogP contribution in [0.3, 0.4) is 0 Å². The Labute approximate surface area is 162 Å². The first kappa shape index (κ1) is 17.1. The lowest BCUT2D eigenvalue weighted by molar-refractivity contribution is 0.102. The highest BCUT2D eigenvalue weighted by Crippen LogP contribution is 2.20. The SMILES string of the molecule is O=C(Nc1ccc(Cc2ccncc2)cc1)c1cc(Br)ccc1I. The van der Waals surface area contributed by atoms with Gasteiger partial charge in [0.05, 0.1) is 5.56 Å². The van der Waals surface area contributed by atoms with Crippen molar-refractivity contribution in [3.05, 3.63) is 91.7 Å². The van der Waals surface area contributed by atoms with Gasteiger partial charge in [0.25, 0.3) is 5.91 Å². The van der Waals surface area contributed by atoms with Crippen LogP contribution in [0.25, 0.3) is 0 Å². The molecule has 0 radical (unpaired) electrons. The topological polar surface area (TPSA) is 42.0 Å². The van der Waals surface area contributed by atoms with E-state index in [0.29, 0.717) is 5.56 Å². The highest BCUT2D eigenvalue weighted by molar-refractivity contribution is 14.1. The van der Waals surface area contributed by atoms with Crippen LogP contribution in [0.1, 0.15) is 21.5 Å². The molecule has 3 rings (SSSR count). The standard InChI is InChI=1S/C19H14BrIN2O/c20-15-3-6-18(21)17(12-15)19(24)23-16-4-1-13(2-5-16)11-14-7-9-22-10-8-14/h1-10,12H,11H2,(H,23,24). The minimum absolute atomic E-state index is 0.109. The largest absolute Gasteiger partial charge is 0.322 e. The molecule has 0 atom stereocenters. The number of benzene rings is 2. The second-order valence-electron chi connectivity index (χ2n) is 5.31. The van der Waals surface area contributed by atoms with Crippen molar-refractivity contribution in [2.24, 2.45) is 0 Å². The number of hydrogen-bond acceptors (Lipinski definition) is 2. The number of anilines is 1. The number of rotatable bonds is 4. The van der Waals surface area contributed by atoms with Crippen LogP contribution < -0.4 is 5.32 Å². The average Bonchev–Trinajstić information content (AvgIpc) is 2.59. The van der Waals surface area contributed by atoms with Gasteiger partial charge in [0.1, 0.15) is 0 Å². The molecule has 3 nitrogen and oxygen atoms in total. The van der Waals surface area contributed by atoms with Crippen molar-refractivity contribution < 1.29 is 4.79 Å². The average molecular weight is 493 g/mol. The van der Waals surface area contributed by atoms with E-state index in [2.05, 4.69) is 48.8 Å². The van der Waals surface area contributed by atoms with Gasteiger partial charge in [0.15, 0.2) is 0 Å². The fraction of sp³-hybridized carbons (Fsp3) is 0.0526. The van der Waals surface area contributed by atoms with Gasteiger partial charge in [-0.25, -0.2) is 0 Å². The smallest absolute Gasteiger partial charge is 0.256 e. The lowest BCUT2D eigenvalue weighted by atomic mass is 10.1. The quantitative estimate of drug-likeness (QED) is 0.502. The molecule has 2 aromatic carbocycles. The zero-order chi connectivity index (χ0) is 16.9. The highest BCUT2D eigenvalue weighted by atomic mass is 127. The summed E-state index contributed by atoms with van der Waals surface area (Å²) in [5.74, 6) is -0.109. The number of carbonyl (C=O) groups is 1. The summed E-state index contributed by atoms with van der Waals surface area (Å²) < 4.78 is 1.81. The van der Waals surface area contributed by atoms with E-state index >= 15 is 0 Å². The van der Waals surface area contributed by atoms with Gasteiger partial charge < -0.3 is 5.32 Å². The van der Waals surface area contributed by atoms with Crippen LogP contribution in [-0.4, -0.2) is 10.9 Å². The second-order valence-corrected chi connectivity index (χ2v) is 7.39. The molecule has 24 heavy (non-hydrogen) atoms. The van der Waals surface area contributed by atoms with Gasteiger partial charge in [-0.05, 0) is 82.6 Å². The summed E-state index contributed by atoms with van der Waals surface area (Å²) in [5, 5.41) is 2.94. The molecular weight excluding hydrogens is 479 g/mol. The van der Waals surface area contributed by atoms with E-state index in [1.807, 2.05) is 54.6 Å². The third kappa shape index (κ3) is 4.42. The first-order valence-corrected chi connectivity index (χ1v) is 9.23. The molecule has 1 N–H and O–H groups in total. The van der Waals surface area contributed by atoms with Crippen LogP contribution in [0.2, 0.25) is 0 Å². The number of hydrogen-bond donors (Lipinski definition) is 1. The van der Waals surface area contributed by atoms with Gasteiger partial charge in [-0.2, -0.15) is 0 Å². The Morgan fingerprint density at radius 1 is 1.00 bits per heavy atom. The second kappa shape index (κ2) is 7.90. The highest BCUT2D eigenvalue weighted by Gasteiger charge is 2.10. The van der Waals surface area contributed by atoms with Gasteiger partial charge in [-0.1, -0.05) is 28.1 Å². The lowest BCUT2D eigenvalue weighted by Crippen LogP contribution is -2.13. The first-order chi connectivity index (χ1) is 11.6.